The fraction of sp³-hybridized carbons (Fsp3) is 0.435. The van der Waals surface area contributed by atoms with Crippen molar-refractivity contribution in [2.45, 2.75) is 38.0 Å². The van der Waals surface area contributed by atoms with Crippen LogP contribution in [-0.4, -0.2) is 32.3 Å². The van der Waals surface area contributed by atoms with Gasteiger partial charge in [-0.1, -0.05) is 55.3 Å². The minimum Gasteiger partial charge on any atom is -0.490 e. The smallest absolute Gasteiger partial charge is 0.255 e. The Hall–Kier alpha value is -2.33. The van der Waals surface area contributed by atoms with Crippen molar-refractivity contribution in [2.75, 3.05) is 26.4 Å². The maximum Gasteiger partial charge on any atom is 0.255 e. The molecule has 27 heavy (non-hydrogen) atoms. The normalized spacial score (nSPS) is 15.4. The topological polar surface area (TPSA) is 47.6 Å². The minimum atomic E-state index is -0.0794. The van der Waals surface area contributed by atoms with Gasteiger partial charge in [-0.25, -0.2) is 0 Å². The van der Waals surface area contributed by atoms with E-state index in [1.54, 1.807) is 0 Å². The van der Waals surface area contributed by atoms with Gasteiger partial charge in [0.1, 0.15) is 12.4 Å². The maximum absolute atomic E-state index is 12.9. The largest absolute Gasteiger partial charge is 0.490 e. The van der Waals surface area contributed by atoms with Crippen molar-refractivity contribution >= 4 is 5.91 Å². The highest BCUT2D eigenvalue weighted by atomic mass is 16.5. The second-order valence-electron chi connectivity index (χ2n) is 7.08. The second kappa shape index (κ2) is 9.56. The van der Waals surface area contributed by atoms with Gasteiger partial charge in [-0.3, -0.25) is 4.79 Å². The maximum atomic E-state index is 12.9. The van der Waals surface area contributed by atoms with Crippen LogP contribution in [0, 0.1) is 0 Å². The molecule has 1 saturated carbocycles. The van der Waals surface area contributed by atoms with Gasteiger partial charge in [0, 0.05) is 18.6 Å². The van der Waals surface area contributed by atoms with Crippen LogP contribution >= 0.6 is 0 Å². The van der Waals surface area contributed by atoms with Crippen molar-refractivity contribution < 1.29 is 14.3 Å². The highest BCUT2D eigenvalue weighted by Crippen LogP contribution is 2.40. The Morgan fingerprint density at radius 1 is 1.00 bits per heavy atom. The molecule has 144 valence electrons. The number of nitrogens with one attached hydrogen (secondary N) is 1. The van der Waals surface area contributed by atoms with E-state index < -0.39 is 0 Å². The predicted octanol–water partition coefficient (Wildman–Crippen LogP) is 4.34. The molecule has 4 nitrogen and oxygen atoms in total. The van der Waals surface area contributed by atoms with Crippen molar-refractivity contribution in [3.63, 3.8) is 0 Å². The second-order valence-corrected chi connectivity index (χ2v) is 7.08. The number of amides is 1. The molecule has 2 aromatic rings. The van der Waals surface area contributed by atoms with Crippen LogP contribution in [0.5, 0.6) is 5.75 Å². The molecule has 0 radical (unpaired) electrons. The van der Waals surface area contributed by atoms with Crippen molar-refractivity contribution in [1.82, 2.24) is 5.32 Å². The quantitative estimate of drug-likeness (QED) is 0.671. The summed E-state index contributed by atoms with van der Waals surface area (Å²) in [5.74, 6) is 0.527. The molecular formula is C23H29NO3. The van der Waals surface area contributed by atoms with E-state index in [0.29, 0.717) is 37.7 Å². The van der Waals surface area contributed by atoms with Crippen molar-refractivity contribution in [1.29, 1.82) is 0 Å². The fourth-order valence-electron chi connectivity index (χ4n) is 3.89. The van der Waals surface area contributed by atoms with Crippen LogP contribution in [0.3, 0.4) is 0 Å². The highest BCUT2D eigenvalue weighted by molar-refractivity contribution is 5.97. The molecular weight excluding hydrogens is 338 g/mol. The number of benzene rings is 2. The molecule has 0 atom stereocenters. The van der Waals surface area contributed by atoms with Crippen molar-refractivity contribution in [2.24, 2.45) is 0 Å². The molecule has 0 heterocycles. The molecule has 4 heteroatoms. The van der Waals surface area contributed by atoms with E-state index in [4.69, 9.17) is 9.47 Å². The van der Waals surface area contributed by atoms with E-state index in [0.717, 1.165) is 12.8 Å². The molecule has 0 spiro atoms. The number of carbonyl (C=O) groups excluding carboxylic acids is 1. The van der Waals surface area contributed by atoms with Crippen LogP contribution in [0.15, 0.2) is 54.6 Å². The van der Waals surface area contributed by atoms with Crippen molar-refractivity contribution in [3.8, 4) is 5.75 Å². The Morgan fingerprint density at radius 3 is 2.44 bits per heavy atom. The Morgan fingerprint density at radius 2 is 1.70 bits per heavy atom. The number of hydrogen-bond acceptors (Lipinski definition) is 3. The summed E-state index contributed by atoms with van der Waals surface area (Å²) in [5, 5.41) is 3.17. The average Bonchev–Trinajstić information content (AvgIpc) is 3.21. The van der Waals surface area contributed by atoms with Gasteiger partial charge < -0.3 is 14.8 Å². The number of ether oxygens (including phenoxy) is 2. The standard InChI is InChI=1S/C23H29NO3/c1-2-26-16-17-27-21-13-7-6-12-20(21)22(25)24-18-23(14-8-9-15-23)19-10-4-3-5-11-19/h3-7,10-13H,2,8-9,14-18H2,1H3,(H,24,25). The third-order valence-corrected chi connectivity index (χ3v) is 5.36. The molecule has 1 fully saturated rings. The van der Waals surface area contributed by atoms with E-state index in [9.17, 15) is 4.79 Å². The third kappa shape index (κ3) is 4.89. The van der Waals surface area contributed by atoms with Gasteiger partial charge in [0.15, 0.2) is 0 Å². The monoisotopic (exact) mass is 367 g/mol. The lowest BCUT2D eigenvalue weighted by molar-refractivity contribution is 0.0926. The summed E-state index contributed by atoms with van der Waals surface area (Å²) in [6.45, 7) is 4.22. The van der Waals surface area contributed by atoms with Crippen molar-refractivity contribution in [3.05, 3.63) is 65.7 Å². The van der Waals surface area contributed by atoms with E-state index >= 15 is 0 Å². The average molecular weight is 367 g/mol. The first-order valence-electron chi connectivity index (χ1n) is 9.88. The Bertz CT molecular complexity index is 723. The first-order chi connectivity index (χ1) is 13.2. The zero-order chi connectivity index (χ0) is 19.0. The van der Waals surface area contributed by atoms with Crippen LogP contribution in [0.1, 0.15) is 48.5 Å². The molecule has 2 aromatic carbocycles. The highest BCUT2D eigenvalue weighted by Gasteiger charge is 2.35. The summed E-state index contributed by atoms with van der Waals surface area (Å²) in [7, 11) is 0. The van der Waals surface area contributed by atoms with Crippen LogP contribution < -0.4 is 10.1 Å². The number of carbonyl (C=O) groups is 1. The first-order valence-corrected chi connectivity index (χ1v) is 9.88. The van der Waals surface area contributed by atoms with Crippen LogP contribution in [0.4, 0.5) is 0 Å². The van der Waals surface area contributed by atoms with Crippen LogP contribution in [0.2, 0.25) is 0 Å². The summed E-state index contributed by atoms with van der Waals surface area (Å²) >= 11 is 0. The molecule has 0 aromatic heterocycles. The van der Waals surface area contributed by atoms with E-state index in [1.165, 1.54) is 18.4 Å². The molecule has 0 saturated heterocycles. The van der Waals surface area contributed by atoms with E-state index in [2.05, 4.69) is 29.6 Å². The molecule has 1 aliphatic carbocycles. The van der Waals surface area contributed by atoms with Gasteiger partial charge in [0.2, 0.25) is 0 Å². The molecule has 1 aliphatic rings. The lowest BCUT2D eigenvalue weighted by atomic mass is 9.79. The van der Waals surface area contributed by atoms with Crippen LogP contribution in [0.25, 0.3) is 0 Å². The molecule has 1 N–H and O–H groups in total. The molecule has 0 aliphatic heterocycles. The number of hydrogen-bond donors (Lipinski definition) is 1. The SMILES string of the molecule is CCOCCOc1ccccc1C(=O)NCC1(c2ccccc2)CCCC1. The lowest BCUT2D eigenvalue weighted by Crippen LogP contribution is -2.39. The fourth-order valence-corrected chi connectivity index (χ4v) is 3.89. The summed E-state index contributed by atoms with van der Waals surface area (Å²) in [6.07, 6.45) is 4.65. The summed E-state index contributed by atoms with van der Waals surface area (Å²) in [6, 6.07) is 18.0. The zero-order valence-corrected chi connectivity index (χ0v) is 16.1. The number of para-hydroxylation sites is 1. The Balaban J connectivity index is 1.66. The lowest BCUT2D eigenvalue weighted by Gasteiger charge is -2.30. The Labute approximate surface area is 161 Å². The number of rotatable bonds is 9. The molecule has 1 amide bonds. The van der Waals surface area contributed by atoms with Gasteiger partial charge in [0.05, 0.1) is 12.2 Å². The van der Waals surface area contributed by atoms with E-state index in [1.807, 2.05) is 37.3 Å². The molecule has 0 bridgehead atoms. The molecule has 0 unspecified atom stereocenters. The molecule has 3 rings (SSSR count). The Kier molecular flexibility index (Phi) is 6.88. The van der Waals surface area contributed by atoms with Crippen LogP contribution in [-0.2, 0) is 10.2 Å². The van der Waals surface area contributed by atoms with Gasteiger partial charge in [0.25, 0.3) is 5.91 Å². The van der Waals surface area contributed by atoms with E-state index in [-0.39, 0.29) is 11.3 Å². The zero-order valence-electron chi connectivity index (χ0n) is 16.1. The summed E-state index contributed by atoms with van der Waals surface area (Å²) in [5.41, 5.74) is 1.95. The summed E-state index contributed by atoms with van der Waals surface area (Å²) < 4.78 is 11.1. The third-order valence-electron chi connectivity index (χ3n) is 5.36. The van der Waals surface area contributed by atoms with Gasteiger partial charge in [-0.15, -0.1) is 0 Å². The minimum absolute atomic E-state index is 0.0433. The first kappa shape index (κ1) is 19.4. The summed E-state index contributed by atoms with van der Waals surface area (Å²) in [4.78, 5) is 12.9. The van der Waals surface area contributed by atoms with Gasteiger partial charge in [-0.2, -0.15) is 0 Å². The van der Waals surface area contributed by atoms with Gasteiger partial charge >= 0.3 is 0 Å². The van der Waals surface area contributed by atoms with Gasteiger partial charge in [-0.05, 0) is 37.5 Å². The predicted molar refractivity (Wildman–Crippen MR) is 107 cm³/mol.